The van der Waals surface area contributed by atoms with E-state index < -0.39 is 0 Å². The van der Waals surface area contributed by atoms with Crippen LogP contribution in [-0.2, 0) is 17.8 Å². The molecule has 4 rings (SSSR count). The molecule has 0 bridgehead atoms. The fourth-order valence-electron chi connectivity index (χ4n) is 2.84. The molecule has 23 heavy (non-hydrogen) atoms. The van der Waals surface area contributed by atoms with Crippen molar-refractivity contribution in [3.05, 3.63) is 41.7 Å². The van der Waals surface area contributed by atoms with Crippen LogP contribution in [0.1, 0.15) is 30.3 Å². The van der Waals surface area contributed by atoms with Crippen LogP contribution in [0.15, 0.2) is 30.3 Å². The highest BCUT2D eigenvalue weighted by Crippen LogP contribution is 2.43. The van der Waals surface area contributed by atoms with E-state index in [1.807, 2.05) is 6.07 Å². The third kappa shape index (κ3) is 3.71. The summed E-state index contributed by atoms with van der Waals surface area (Å²) in [6, 6.07) is 10.5. The SMILES string of the molecule is ClC1(Cn2nnc(C3CN(Cc4ccccc4)CCO3)n2)CC1. The van der Waals surface area contributed by atoms with Gasteiger partial charge in [-0.1, -0.05) is 30.3 Å². The number of halogens is 1. The highest BCUT2D eigenvalue weighted by Gasteiger charge is 2.42. The van der Waals surface area contributed by atoms with Crippen molar-refractivity contribution in [3.8, 4) is 0 Å². The highest BCUT2D eigenvalue weighted by atomic mass is 35.5. The minimum Gasteiger partial charge on any atom is -0.367 e. The molecule has 1 saturated carbocycles. The van der Waals surface area contributed by atoms with Crippen molar-refractivity contribution in [3.63, 3.8) is 0 Å². The first-order valence-corrected chi connectivity index (χ1v) is 8.43. The minimum absolute atomic E-state index is 0.119. The van der Waals surface area contributed by atoms with E-state index in [0.29, 0.717) is 19.0 Å². The summed E-state index contributed by atoms with van der Waals surface area (Å²) in [4.78, 5) is 3.83. The summed E-state index contributed by atoms with van der Waals surface area (Å²) >= 11 is 6.32. The average molecular weight is 334 g/mol. The molecule has 2 aliphatic rings. The number of morpholine rings is 1. The zero-order chi connectivity index (χ0) is 15.7. The molecule has 1 aromatic heterocycles. The minimum atomic E-state index is -0.148. The van der Waals surface area contributed by atoms with Crippen molar-refractivity contribution in [1.82, 2.24) is 25.1 Å². The maximum absolute atomic E-state index is 6.32. The summed E-state index contributed by atoms with van der Waals surface area (Å²) in [5.74, 6) is 0.656. The lowest BCUT2D eigenvalue weighted by Crippen LogP contribution is -2.38. The summed E-state index contributed by atoms with van der Waals surface area (Å²) in [5, 5.41) is 12.7. The van der Waals surface area contributed by atoms with E-state index >= 15 is 0 Å². The maximum Gasteiger partial charge on any atom is 0.204 e. The molecule has 1 unspecified atom stereocenters. The summed E-state index contributed by atoms with van der Waals surface area (Å²) in [6.07, 6.45) is 1.93. The molecule has 2 aromatic rings. The normalized spacial score (nSPS) is 23.8. The summed E-state index contributed by atoms with van der Waals surface area (Å²) in [7, 11) is 0. The van der Waals surface area contributed by atoms with Gasteiger partial charge in [0.25, 0.3) is 0 Å². The van der Waals surface area contributed by atoms with Crippen LogP contribution >= 0.6 is 11.6 Å². The molecule has 1 aromatic carbocycles. The van der Waals surface area contributed by atoms with Crippen LogP contribution in [0.25, 0.3) is 0 Å². The molecule has 2 fully saturated rings. The first kappa shape index (κ1) is 15.1. The van der Waals surface area contributed by atoms with E-state index in [4.69, 9.17) is 16.3 Å². The molecule has 1 aliphatic heterocycles. The summed E-state index contributed by atoms with van der Waals surface area (Å²) in [5.41, 5.74) is 1.31. The second kappa shape index (κ2) is 6.19. The lowest BCUT2D eigenvalue weighted by molar-refractivity contribution is -0.0373. The Morgan fingerprint density at radius 1 is 1.26 bits per heavy atom. The molecule has 1 aliphatic carbocycles. The first-order chi connectivity index (χ1) is 11.2. The van der Waals surface area contributed by atoms with Crippen LogP contribution in [0.5, 0.6) is 0 Å². The maximum atomic E-state index is 6.32. The number of tetrazole rings is 1. The van der Waals surface area contributed by atoms with E-state index in [0.717, 1.165) is 32.5 Å². The van der Waals surface area contributed by atoms with Crippen LogP contribution in [0, 0.1) is 0 Å². The van der Waals surface area contributed by atoms with Crippen molar-refractivity contribution in [1.29, 1.82) is 0 Å². The second-order valence-electron chi connectivity index (χ2n) is 6.41. The number of nitrogens with zero attached hydrogens (tertiary/aromatic N) is 5. The Hall–Kier alpha value is -1.50. The lowest BCUT2D eigenvalue weighted by Gasteiger charge is -2.31. The van der Waals surface area contributed by atoms with E-state index in [-0.39, 0.29) is 11.0 Å². The van der Waals surface area contributed by atoms with Crippen molar-refractivity contribution in [2.24, 2.45) is 0 Å². The lowest BCUT2D eigenvalue weighted by atomic mass is 10.2. The van der Waals surface area contributed by atoms with Gasteiger partial charge in [0.2, 0.25) is 5.82 Å². The molecule has 2 heterocycles. The van der Waals surface area contributed by atoms with Crippen molar-refractivity contribution >= 4 is 11.6 Å². The smallest absolute Gasteiger partial charge is 0.204 e. The largest absolute Gasteiger partial charge is 0.367 e. The number of rotatable bonds is 5. The summed E-state index contributed by atoms with van der Waals surface area (Å²) < 4.78 is 5.84. The van der Waals surface area contributed by atoms with Crippen LogP contribution < -0.4 is 0 Å². The van der Waals surface area contributed by atoms with Gasteiger partial charge in [-0.05, 0) is 23.6 Å². The monoisotopic (exact) mass is 333 g/mol. The predicted molar refractivity (Wildman–Crippen MR) is 86.0 cm³/mol. The molecular formula is C16H20ClN5O. The molecule has 1 saturated heterocycles. The van der Waals surface area contributed by atoms with Gasteiger partial charge in [0, 0.05) is 19.6 Å². The number of hydrogen-bond donors (Lipinski definition) is 0. The Bertz CT molecular complexity index is 658. The second-order valence-corrected chi connectivity index (χ2v) is 7.21. The Morgan fingerprint density at radius 3 is 2.87 bits per heavy atom. The Morgan fingerprint density at radius 2 is 2.09 bits per heavy atom. The van der Waals surface area contributed by atoms with E-state index in [2.05, 4.69) is 44.6 Å². The van der Waals surface area contributed by atoms with Gasteiger partial charge < -0.3 is 4.74 Å². The highest BCUT2D eigenvalue weighted by molar-refractivity contribution is 6.25. The molecule has 0 N–H and O–H groups in total. The van der Waals surface area contributed by atoms with E-state index in [1.165, 1.54) is 5.56 Å². The van der Waals surface area contributed by atoms with E-state index in [9.17, 15) is 0 Å². The Balaban J connectivity index is 1.39. The van der Waals surface area contributed by atoms with Gasteiger partial charge in [-0.2, -0.15) is 4.80 Å². The van der Waals surface area contributed by atoms with Gasteiger partial charge in [-0.15, -0.1) is 21.8 Å². The zero-order valence-corrected chi connectivity index (χ0v) is 13.7. The zero-order valence-electron chi connectivity index (χ0n) is 12.9. The third-order valence-electron chi connectivity index (χ3n) is 4.37. The molecule has 7 heteroatoms. The topological polar surface area (TPSA) is 56.1 Å². The summed E-state index contributed by atoms with van der Waals surface area (Å²) in [6.45, 7) is 3.93. The average Bonchev–Trinajstić information content (AvgIpc) is 3.10. The van der Waals surface area contributed by atoms with Crippen LogP contribution in [-0.4, -0.2) is 49.7 Å². The van der Waals surface area contributed by atoms with Crippen molar-refractivity contribution in [2.75, 3.05) is 19.7 Å². The van der Waals surface area contributed by atoms with Crippen LogP contribution in [0.2, 0.25) is 0 Å². The van der Waals surface area contributed by atoms with Gasteiger partial charge in [-0.25, -0.2) is 0 Å². The predicted octanol–water partition coefficient (Wildman–Crippen LogP) is 2.02. The number of hydrogen-bond acceptors (Lipinski definition) is 5. The van der Waals surface area contributed by atoms with Gasteiger partial charge in [-0.3, -0.25) is 4.90 Å². The Kier molecular flexibility index (Phi) is 4.05. The molecule has 1 atom stereocenters. The fourth-order valence-corrected chi connectivity index (χ4v) is 3.04. The quantitative estimate of drug-likeness (QED) is 0.783. The molecule has 0 radical (unpaired) electrons. The van der Waals surface area contributed by atoms with Gasteiger partial charge in [0.05, 0.1) is 18.0 Å². The van der Waals surface area contributed by atoms with Crippen molar-refractivity contribution < 1.29 is 4.74 Å². The number of alkyl halides is 1. The fraction of sp³-hybridized carbons (Fsp3) is 0.562. The third-order valence-corrected chi connectivity index (χ3v) is 4.87. The number of benzene rings is 1. The number of ether oxygens (including phenoxy) is 1. The first-order valence-electron chi connectivity index (χ1n) is 8.05. The molecule has 6 nitrogen and oxygen atoms in total. The van der Waals surface area contributed by atoms with Crippen molar-refractivity contribution in [2.45, 2.75) is 36.9 Å². The molecule has 0 amide bonds. The molecule has 122 valence electrons. The van der Waals surface area contributed by atoms with Crippen LogP contribution in [0.4, 0.5) is 0 Å². The number of aromatic nitrogens is 4. The Labute approximate surface area is 140 Å². The van der Waals surface area contributed by atoms with E-state index in [1.54, 1.807) is 4.80 Å². The van der Waals surface area contributed by atoms with Crippen LogP contribution in [0.3, 0.4) is 0 Å². The molecular weight excluding hydrogens is 314 g/mol. The molecule has 0 spiro atoms. The van der Waals surface area contributed by atoms with Gasteiger partial charge >= 0.3 is 0 Å². The standard InChI is InChI=1S/C16H20ClN5O/c17-16(6-7-16)12-22-19-15(18-20-22)14-11-21(8-9-23-14)10-13-4-2-1-3-5-13/h1-5,14H,6-12H2. The van der Waals surface area contributed by atoms with Gasteiger partial charge in [0.1, 0.15) is 6.10 Å². The van der Waals surface area contributed by atoms with Gasteiger partial charge in [0.15, 0.2) is 0 Å².